The van der Waals surface area contributed by atoms with E-state index in [-0.39, 0.29) is 12.1 Å². The summed E-state index contributed by atoms with van der Waals surface area (Å²) in [4.78, 5) is 16.8. The number of nitrogens with one attached hydrogen (secondary N) is 1. The molecule has 2 aliphatic heterocycles. The van der Waals surface area contributed by atoms with Gasteiger partial charge in [-0.2, -0.15) is 0 Å². The Balaban J connectivity index is 1.44. The second kappa shape index (κ2) is 9.41. The molecule has 2 fully saturated rings. The highest BCUT2D eigenvalue weighted by Crippen LogP contribution is 2.23. The Morgan fingerprint density at radius 3 is 2.56 bits per heavy atom. The number of nitrogens with zero attached hydrogens (tertiary/aromatic N) is 2. The lowest BCUT2D eigenvalue weighted by Gasteiger charge is -2.33. The summed E-state index contributed by atoms with van der Waals surface area (Å²) < 4.78 is 5.82. The molecule has 1 atom stereocenters. The minimum atomic E-state index is -0.0811. The van der Waals surface area contributed by atoms with Crippen LogP contribution in [0.25, 0.3) is 0 Å². The van der Waals surface area contributed by atoms with Crippen molar-refractivity contribution in [2.75, 3.05) is 45.9 Å². The number of rotatable bonds is 4. The van der Waals surface area contributed by atoms with Crippen LogP contribution in [-0.4, -0.2) is 61.7 Å². The summed E-state index contributed by atoms with van der Waals surface area (Å²) in [5, 5.41) is 3.78. The molecule has 0 spiro atoms. The van der Waals surface area contributed by atoms with Crippen molar-refractivity contribution in [1.82, 2.24) is 15.1 Å². The largest absolute Gasteiger partial charge is 0.370 e. The van der Waals surface area contributed by atoms with Crippen molar-refractivity contribution < 1.29 is 9.53 Å². The molecule has 25 heavy (non-hydrogen) atoms. The Morgan fingerprint density at radius 1 is 1.12 bits per heavy atom. The number of hydrogen-bond acceptors (Lipinski definition) is 3. The van der Waals surface area contributed by atoms with Gasteiger partial charge in [0.15, 0.2) is 0 Å². The van der Waals surface area contributed by atoms with Gasteiger partial charge in [-0.25, -0.2) is 4.79 Å². The minimum absolute atomic E-state index is 0.0112. The highest BCUT2D eigenvalue weighted by molar-refractivity contribution is 6.30. The predicted octanol–water partition coefficient (Wildman–Crippen LogP) is 3.30. The predicted molar refractivity (Wildman–Crippen MR) is 100 cm³/mol. The molecule has 1 aromatic carbocycles. The van der Waals surface area contributed by atoms with Crippen LogP contribution in [0.2, 0.25) is 5.02 Å². The summed E-state index contributed by atoms with van der Waals surface area (Å²) in [6.07, 6.45) is 5.15. The molecule has 2 heterocycles. The van der Waals surface area contributed by atoms with Gasteiger partial charge >= 0.3 is 6.03 Å². The maximum atomic E-state index is 12.5. The van der Waals surface area contributed by atoms with Crippen LogP contribution in [0.15, 0.2) is 24.3 Å². The number of carbonyl (C=O) groups is 1. The van der Waals surface area contributed by atoms with Crippen molar-refractivity contribution in [2.45, 2.75) is 31.8 Å². The molecule has 6 heteroatoms. The fourth-order valence-corrected chi connectivity index (χ4v) is 3.63. The first-order valence-electron chi connectivity index (χ1n) is 9.34. The smallest absolute Gasteiger partial charge is 0.317 e. The first-order chi connectivity index (χ1) is 12.2. The lowest BCUT2D eigenvalue weighted by molar-refractivity contribution is -0.0154. The zero-order valence-electron chi connectivity index (χ0n) is 14.8. The van der Waals surface area contributed by atoms with Crippen molar-refractivity contribution >= 4 is 17.6 Å². The van der Waals surface area contributed by atoms with Crippen molar-refractivity contribution in [1.29, 1.82) is 0 Å². The van der Waals surface area contributed by atoms with Crippen molar-refractivity contribution in [3.05, 3.63) is 34.9 Å². The number of carbonyl (C=O) groups excluding carboxylic acids is 1. The molecule has 1 N–H and O–H groups in total. The van der Waals surface area contributed by atoms with E-state index in [4.69, 9.17) is 16.3 Å². The standard InChI is InChI=1S/C19H28ClN3O2/c20-17-7-5-16(6-8-17)18-15-23(13-14-25-18)19(24)21-9-12-22-10-3-1-2-4-11-22/h5-8,18H,1-4,9-15H2,(H,21,24)/t18-/m0/s1. The van der Waals surface area contributed by atoms with E-state index in [1.807, 2.05) is 29.2 Å². The van der Waals surface area contributed by atoms with Crippen molar-refractivity contribution in [3.63, 3.8) is 0 Å². The maximum absolute atomic E-state index is 12.5. The molecule has 0 aliphatic carbocycles. The van der Waals surface area contributed by atoms with Gasteiger partial charge in [0, 0.05) is 24.7 Å². The Kier molecular flexibility index (Phi) is 6.96. The van der Waals surface area contributed by atoms with Gasteiger partial charge in [-0.15, -0.1) is 0 Å². The molecular formula is C19H28ClN3O2. The highest BCUT2D eigenvalue weighted by Gasteiger charge is 2.25. The topological polar surface area (TPSA) is 44.8 Å². The van der Waals surface area contributed by atoms with Gasteiger partial charge in [0.25, 0.3) is 0 Å². The van der Waals surface area contributed by atoms with E-state index in [0.717, 1.165) is 25.2 Å². The number of hydrogen-bond donors (Lipinski definition) is 1. The Hall–Kier alpha value is -1.30. The van der Waals surface area contributed by atoms with Crippen molar-refractivity contribution in [3.8, 4) is 0 Å². The molecule has 2 saturated heterocycles. The van der Waals surface area contributed by atoms with E-state index in [1.165, 1.54) is 25.7 Å². The second-order valence-electron chi connectivity index (χ2n) is 6.84. The van der Waals surface area contributed by atoms with Gasteiger partial charge in [0.05, 0.1) is 13.2 Å². The Bertz CT molecular complexity index is 544. The molecule has 0 aromatic heterocycles. The van der Waals surface area contributed by atoms with Gasteiger partial charge in [-0.3, -0.25) is 0 Å². The average Bonchev–Trinajstić information content (AvgIpc) is 2.91. The van der Waals surface area contributed by atoms with E-state index in [9.17, 15) is 4.79 Å². The maximum Gasteiger partial charge on any atom is 0.317 e. The zero-order chi connectivity index (χ0) is 17.5. The number of ether oxygens (including phenoxy) is 1. The zero-order valence-corrected chi connectivity index (χ0v) is 15.5. The third-order valence-corrected chi connectivity index (χ3v) is 5.25. The summed E-state index contributed by atoms with van der Waals surface area (Å²) in [5.41, 5.74) is 1.06. The molecule has 1 aromatic rings. The number of likely N-dealkylation sites (tertiary alicyclic amines) is 1. The van der Waals surface area contributed by atoms with Crippen LogP contribution < -0.4 is 5.32 Å². The Labute approximate surface area is 155 Å². The van der Waals surface area contributed by atoms with Crippen LogP contribution in [0.3, 0.4) is 0 Å². The van der Waals surface area contributed by atoms with Crippen LogP contribution in [-0.2, 0) is 4.74 Å². The third-order valence-electron chi connectivity index (χ3n) is 5.00. The molecule has 5 nitrogen and oxygen atoms in total. The van der Waals surface area contributed by atoms with Gasteiger partial charge in [0.1, 0.15) is 6.10 Å². The van der Waals surface area contributed by atoms with E-state index < -0.39 is 0 Å². The molecule has 2 aliphatic rings. The van der Waals surface area contributed by atoms with Crippen LogP contribution in [0.4, 0.5) is 4.79 Å². The summed E-state index contributed by atoms with van der Waals surface area (Å²) in [7, 11) is 0. The number of urea groups is 1. The van der Waals surface area contributed by atoms with Gasteiger partial charge < -0.3 is 19.9 Å². The monoisotopic (exact) mass is 365 g/mol. The summed E-state index contributed by atoms with van der Waals surface area (Å²) in [6.45, 7) is 5.75. The van der Waals surface area contributed by atoms with E-state index in [2.05, 4.69) is 10.2 Å². The molecule has 0 unspecified atom stereocenters. The normalized spacial score (nSPS) is 22.4. The van der Waals surface area contributed by atoms with Crippen LogP contribution in [0.5, 0.6) is 0 Å². The Morgan fingerprint density at radius 2 is 1.84 bits per heavy atom. The highest BCUT2D eigenvalue weighted by atomic mass is 35.5. The fourth-order valence-electron chi connectivity index (χ4n) is 3.51. The van der Waals surface area contributed by atoms with Crippen LogP contribution >= 0.6 is 11.6 Å². The molecule has 138 valence electrons. The van der Waals surface area contributed by atoms with E-state index in [0.29, 0.717) is 31.3 Å². The van der Waals surface area contributed by atoms with Crippen LogP contribution in [0.1, 0.15) is 37.4 Å². The van der Waals surface area contributed by atoms with Crippen LogP contribution in [0, 0.1) is 0 Å². The average molecular weight is 366 g/mol. The lowest BCUT2D eigenvalue weighted by Crippen LogP contribution is -2.48. The number of amides is 2. The molecule has 3 rings (SSSR count). The number of halogens is 1. The van der Waals surface area contributed by atoms with Gasteiger partial charge in [-0.05, 0) is 43.6 Å². The number of morpholine rings is 1. The van der Waals surface area contributed by atoms with Gasteiger partial charge in [0.2, 0.25) is 0 Å². The van der Waals surface area contributed by atoms with E-state index >= 15 is 0 Å². The molecule has 0 bridgehead atoms. The van der Waals surface area contributed by atoms with E-state index in [1.54, 1.807) is 0 Å². The third kappa shape index (κ3) is 5.59. The molecule has 2 amide bonds. The second-order valence-corrected chi connectivity index (χ2v) is 7.28. The molecule has 0 saturated carbocycles. The quantitative estimate of drug-likeness (QED) is 0.890. The summed E-state index contributed by atoms with van der Waals surface area (Å²) in [6, 6.07) is 7.67. The first kappa shape index (κ1) is 18.5. The fraction of sp³-hybridized carbons (Fsp3) is 0.632. The number of benzene rings is 1. The molecular weight excluding hydrogens is 338 g/mol. The van der Waals surface area contributed by atoms with Crippen molar-refractivity contribution in [2.24, 2.45) is 0 Å². The first-order valence-corrected chi connectivity index (χ1v) is 9.72. The summed E-state index contributed by atoms with van der Waals surface area (Å²) >= 11 is 5.94. The minimum Gasteiger partial charge on any atom is -0.370 e. The lowest BCUT2D eigenvalue weighted by atomic mass is 10.1. The summed E-state index contributed by atoms with van der Waals surface area (Å²) in [5.74, 6) is 0. The molecule has 0 radical (unpaired) electrons. The SMILES string of the molecule is O=C(NCCN1CCCCCC1)N1CCO[C@H](c2ccc(Cl)cc2)C1. The van der Waals surface area contributed by atoms with Gasteiger partial charge in [-0.1, -0.05) is 36.6 Å².